The highest BCUT2D eigenvalue weighted by molar-refractivity contribution is 7.89. The summed E-state index contributed by atoms with van der Waals surface area (Å²) >= 11 is 0. The van der Waals surface area contributed by atoms with Gasteiger partial charge in [0.25, 0.3) is 0 Å². The summed E-state index contributed by atoms with van der Waals surface area (Å²) in [6, 6.07) is 6.33. The lowest BCUT2D eigenvalue weighted by molar-refractivity contribution is 0.133. The fourth-order valence-corrected chi connectivity index (χ4v) is 2.78. The first-order chi connectivity index (χ1) is 9.47. The zero-order valence-electron chi connectivity index (χ0n) is 12.0. The molecule has 1 unspecified atom stereocenters. The molecule has 0 aliphatic carbocycles. The molecule has 0 aliphatic heterocycles. The lowest BCUT2D eigenvalue weighted by Gasteiger charge is -2.10. The van der Waals surface area contributed by atoms with Crippen LogP contribution in [-0.4, -0.2) is 33.3 Å². The molecule has 0 bridgehead atoms. The molecule has 0 aromatic heterocycles. The van der Waals surface area contributed by atoms with Crippen molar-refractivity contribution in [1.82, 2.24) is 4.72 Å². The van der Waals surface area contributed by atoms with Crippen LogP contribution in [-0.2, 0) is 14.8 Å². The molecule has 20 heavy (non-hydrogen) atoms. The van der Waals surface area contributed by atoms with Gasteiger partial charge in [-0.2, -0.15) is 0 Å². The summed E-state index contributed by atoms with van der Waals surface area (Å²) < 4.78 is 31.9. The average molecular weight is 301 g/mol. The summed E-state index contributed by atoms with van der Waals surface area (Å²) in [5, 5.41) is 9.48. The molecule has 2 N–H and O–H groups in total. The average Bonchev–Trinajstić information content (AvgIpc) is 2.43. The summed E-state index contributed by atoms with van der Waals surface area (Å²) in [4.78, 5) is 0.172. The van der Waals surface area contributed by atoms with Crippen LogP contribution >= 0.6 is 0 Å². The standard InChI is InChI=1S/C14H23NO4S/c1-3-9-19-10-5-8-15-20(17,18)14-7-4-6-13(11-14)12(2)16/h4,6-7,11-12,15-16H,3,5,8-10H2,1-2H3. The second-order valence-corrected chi connectivity index (χ2v) is 6.38. The van der Waals surface area contributed by atoms with Gasteiger partial charge in [-0.15, -0.1) is 0 Å². The van der Waals surface area contributed by atoms with Crippen molar-refractivity contribution in [2.75, 3.05) is 19.8 Å². The lowest BCUT2D eigenvalue weighted by atomic mass is 10.1. The Hall–Kier alpha value is -0.950. The van der Waals surface area contributed by atoms with Crippen LogP contribution in [0.1, 0.15) is 38.4 Å². The van der Waals surface area contributed by atoms with Crippen molar-refractivity contribution < 1.29 is 18.3 Å². The highest BCUT2D eigenvalue weighted by Crippen LogP contribution is 2.16. The van der Waals surface area contributed by atoms with E-state index in [0.29, 0.717) is 31.7 Å². The van der Waals surface area contributed by atoms with Crippen molar-refractivity contribution >= 4 is 10.0 Å². The Morgan fingerprint density at radius 2 is 2.10 bits per heavy atom. The summed E-state index contributed by atoms with van der Waals surface area (Å²) in [6.45, 7) is 5.21. The Labute approximate surface area is 121 Å². The predicted octanol–water partition coefficient (Wildman–Crippen LogP) is 1.83. The number of rotatable bonds is 9. The first-order valence-corrected chi connectivity index (χ1v) is 8.31. The van der Waals surface area contributed by atoms with Gasteiger partial charge in [-0.25, -0.2) is 13.1 Å². The van der Waals surface area contributed by atoms with Crippen LogP contribution in [0.4, 0.5) is 0 Å². The van der Waals surface area contributed by atoms with Crippen molar-refractivity contribution in [3.05, 3.63) is 29.8 Å². The van der Waals surface area contributed by atoms with Gasteiger partial charge in [0, 0.05) is 19.8 Å². The number of aliphatic hydroxyl groups excluding tert-OH is 1. The third-order valence-electron chi connectivity index (χ3n) is 2.76. The molecule has 1 atom stereocenters. The minimum atomic E-state index is -3.53. The molecule has 0 saturated carbocycles. The molecular formula is C14H23NO4S. The maximum Gasteiger partial charge on any atom is 0.240 e. The van der Waals surface area contributed by atoms with Crippen LogP contribution < -0.4 is 4.72 Å². The monoisotopic (exact) mass is 301 g/mol. The number of nitrogens with one attached hydrogen (secondary N) is 1. The summed E-state index contributed by atoms with van der Waals surface area (Å²) in [5.41, 5.74) is 0.583. The van der Waals surface area contributed by atoms with Gasteiger partial charge in [-0.3, -0.25) is 0 Å². The van der Waals surface area contributed by atoms with Gasteiger partial charge in [0.15, 0.2) is 0 Å². The molecule has 0 spiro atoms. The third kappa shape index (κ3) is 5.58. The van der Waals surface area contributed by atoms with Gasteiger partial charge in [0.05, 0.1) is 11.0 Å². The van der Waals surface area contributed by atoms with E-state index in [4.69, 9.17) is 4.74 Å². The summed E-state index contributed by atoms with van der Waals surface area (Å²) in [7, 11) is -3.53. The molecule has 0 saturated heterocycles. The Bertz CT molecular complexity index is 500. The van der Waals surface area contributed by atoms with Crippen molar-refractivity contribution in [2.24, 2.45) is 0 Å². The van der Waals surface area contributed by atoms with Crippen LogP contribution in [0.25, 0.3) is 0 Å². The van der Waals surface area contributed by atoms with E-state index in [1.807, 2.05) is 6.92 Å². The zero-order chi connectivity index (χ0) is 15.0. The van der Waals surface area contributed by atoms with Gasteiger partial charge in [-0.05, 0) is 37.5 Å². The number of benzene rings is 1. The van der Waals surface area contributed by atoms with Crippen molar-refractivity contribution in [2.45, 2.75) is 37.7 Å². The zero-order valence-corrected chi connectivity index (χ0v) is 12.8. The van der Waals surface area contributed by atoms with Crippen molar-refractivity contribution in [1.29, 1.82) is 0 Å². The maximum absolute atomic E-state index is 12.1. The van der Waals surface area contributed by atoms with Crippen LogP contribution in [0.5, 0.6) is 0 Å². The first kappa shape index (κ1) is 17.1. The topological polar surface area (TPSA) is 75.6 Å². The molecule has 1 rings (SSSR count). The summed E-state index contributed by atoms with van der Waals surface area (Å²) in [5.74, 6) is 0. The highest BCUT2D eigenvalue weighted by Gasteiger charge is 2.14. The minimum absolute atomic E-state index is 0.172. The van der Waals surface area contributed by atoms with Gasteiger partial charge in [-0.1, -0.05) is 19.1 Å². The van der Waals surface area contributed by atoms with Crippen LogP contribution in [0.15, 0.2) is 29.2 Å². The number of hydrogen-bond donors (Lipinski definition) is 2. The molecule has 1 aromatic rings. The minimum Gasteiger partial charge on any atom is -0.389 e. The van der Waals surface area contributed by atoms with E-state index in [-0.39, 0.29) is 4.90 Å². The number of aliphatic hydroxyl groups is 1. The third-order valence-corrected chi connectivity index (χ3v) is 4.22. The van der Waals surface area contributed by atoms with E-state index >= 15 is 0 Å². The molecule has 0 amide bonds. The largest absolute Gasteiger partial charge is 0.389 e. The van der Waals surface area contributed by atoms with Gasteiger partial charge in [0.1, 0.15) is 0 Å². The number of sulfonamides is 1. The molecule has 5 nitrogen and oxygen atoms in total. The molecule has 0 aliphatic rings. The predicted molar refractivity (Wildman–Crippen MR) is 78.0 cm³/mol. The fraction of sp³-hybridized carbons (Fsp3) is 0.571. The normalized spacial score (nSPS) is 13.3. The SMILES string of the molecule is CCCOCCCNS(=O)(=O)c1cccc(C(C)O)c1. The maximum atomic E-state index is 12.1. The molecule has 6 heteroatoms. The van der Waals surface area contributed by atoms with Gasteiger partial charge < -0.3 is 9.84 Å². The second-order valence-electron chi connectivity index (χ2n) is 4.61. The molecule has 0 radical (unpaired) electrons. The summed E-state index contributed by atoms with van der Waals surface area (Å²) in [6.07, 6.45) is 0.903. The Balaban J connectivity index is 2.54. The fourth-order valence-electron chi connectivity index (χ4n) is 1.65. The van der Waals surface area contributed by atoms with E-state index in [0.717, 1.165) is 6.42 Å². The second kappa shape index (κ2) is 8.36. The van der Waals surface area contributed by atoms with Crippen LogP contribution in [0.3, 0.4) is 0 Å². The van der Waals surface area contributed by atoms with Crippen molar-refractivity contribution in [3.8, 4) is 0 Å². The molecule has 0 fully saturated rings. The van der Waals surface area contributed by atoms with E-state index < -0.39 is 16.1 Å². The number of hydrogen-bond acceptors (Lipinski definition) is 4. The molecule has 114 valence electrons. The Kier molecular flexibility index (Phi) is 7.15. The molecule has 1 aromatic carbocycles. The Morgan fingerprint density at radius 1 is 1.35 bits per heavy atom. The van der Waals surface area contributed by atoms with E-state index in [2.05, 4.69) is 4.72 Å². The highest BCUT2D eigenvalue weighted by atomic mass is 32.2. The van der Waals surface area contributed by atoms with E-state index in [9.17, 15) is 13.5 Å². The van der Waals surface area contributed by atoms with E-state index in [1.54, 1.807) is 19.1 Å². The van der Waals surface area contributed by atoms with Gasteiger partial charge in [0.2, 0.25) is 10.0 Å². The van der Waals surface area contributed by atoms with Crippen LogP contribution in [0, 0.1) is 0 Å². The molecular weight excluding hydrogens is 278 g/mol. The number of ether oxygens (including phenoxy) is 1. The van der Waals surface area contributed by atoms with E-state index in [1.165, 1.54) is 12.1 Å². The van der Waals surface area contributed by atoms with Gasteiger partial charge >= 0.3 is 0 Å². The van der Waals surface area contributed by atoms with Crippen LogP contribution in [0.2, 0.25) is 0 Å². The smallest absolute Gasteiger partial charge is 0.240 e. The lowest BCUT2D eigenvalue weighted by Crippen LogP contribution is -2.25. The molecule has 0 heterocycles. The first-order valence-electron chi connectivity index (χ1n) is 6.83. The Morgan fingerprint density at radius 3 is 2.75 bits per heavy atom. The van der Waals surface area contributed by atoms with Crippen molar-refractivity contribution in [3.63, 3.8) is 0 Å². The quantitative estimate of drug-likeness (QED) is 0.682.